The lowest BCUT2D eigenvalue weighted by atomic mass is 10.0. The quantitative estimate of drug-likeness (QED) is 0.170. The van der Waals surface area contributed by atoms with Crippen LogP contribution in [0.3, 0.4) is 0 Å². The maximum Gasteiger partial charge on any atom is 0.264 e. The summed E-state index contributed by atoms with van der Waals surface area (Å²) in [5, 5.41) is 3.16. The van der Waals surface area contributed by atoms with Crippen molar-refractivity contribution in [3.05, 3.63) is 130 Å². The molecule has 0 bridgehead atoms. The number of nitrogens with zero attached hydrogens (tertiary/aromatic N) is 2. The first kappa shape index (κ1) is 34.0. The van der Waals surface area contributed by atoms with Crippen molar-refractivity contribution in [2.75, 3.05) is 17.4 Å². The Morgan fingerprint density at radius 3 is 2.20 bits per heavy atom. The Hall–Kier alpha value is -3.92. The van der Waals surface area contributed by atoms with Crippen molar-refractivity contribution in [2.24, 2.45) is 0 Å². The molecule has 4 rings (SSSR count). The van der Waals surface area contributed by atoms with Crippen molar-refractivity contribution >= 4 is 50.7 Å². The highest BCUT2D eigenvalue weighted by atomic mass is 35.5. The van der Waals surface area contributed by atoms with E-state index in [2.05, 4.69) is 5.32 Å². The Balaban J connectivity index is 1.82. The summed E-state index contributed by atoms with van der Waals surface area (Å²) in [5.41, 5.74) is 1.90. The predicted molar refractivity (Wildman–Crippen MR) is 176 cm³/mol. The Bertz CT molecular complexity index is 1740. The zero-order valence-electron chi connectivity index (χ0n) is 24.9. The van der Waals surface area contributed by atoms with Gasteiger partial charge in [-0.3, -0.25) is 13.9 Å². The Morgan fingerprint density at radius 2 is 1.56 bits per heavy atom. The van der Waals surface area contributed by atoms with Gasteiger partial charge >= 0.3 is 0 Å². The first-order chi connectivity index (χ1) is 21.5. The molecule has 4 aromatic rings. The average Bonchev–Trinajstić information content (AvgIpc) is 3.03. The van der Waals surface area contributed by atoms with Crippen LogP contribution in [-0.4, -0.2) is 44.3 Å². The van der Waals surface area contributed by atoms with Crippen LogP contribution in [0.1, 0.15) is 30.0 Å². The molecule has 2 amide bonds. The van der Waals surface area contributed by atoms with E-state index in [1.165, 1.54) is 53.4 Å². The van der Waals surface area contributed by atoms with Gasteiger partial charge in [-0.05, 0) is 55.3 Å². The smallest absolute Gasteiger partial charge is 0.264 e. The second kappa shape index (κ2) is 15.4. The number of benzene rings is 4. The molecule has 0 saturated carbocycles. The van der Waals surface area contributed by atoms with Gasteiger partial charge in [-0.15, -0.1) is 0 Å². The largest absolute Gasteiger partial charge is 0.354 e. The number of aryl methyl sites for hydroxylation is 1. The predicted octanol–water partition coefficient (Wildman–Crippen LogP) is 6.80. The summed E-state index contributed by atoms with van der Waals surface area (Å²) in [6, 6.07) is 24.5. The minimum absolute atomic E-state index is 0.0471. The van der Waals surface area contributed by atoms with Gasteiger partial charge in [-0.25, -0.2) is 12.8 Å². The summed E-state index contributed by atoms with van der Waals surface area (Å²) in [4.78, 5) is 29.2. The van der Waals surface area contributed by atoms with Gasteiger partial charge < -0.3 is 10.2 Å². The number of amides is 2. The molecule has 0 heterocycles. The maximum absolute atomic E-state index is 15.0. The molecule has 11 heteroatoms. The Labute approximate surface area is 273 Å². The summed E-state index contributed by atoms with van der Waals surface area (Å²) in [5.74, 6) is -1.71. The van der Waals surface area contributed by atoms with E-state index in [4.69, 9.17) is 23.2 Å². The third kappa shape index (κ3) is 8.63. The van der Waals surface area contributed by atoms with E-state index in [0.717, 1.165) is 15.4 Å². The van der Waals surface area contributed by atoms with Crippen LogP contribution < -0.4 is 9.62 Å². The number of halogens is 3. The number of hydrogen-bond donors (Lipinski definition) is 1. The van der Waals surface area contributed by atoms with Gasteiger partial charge in [-0.2, -0.15) is 0 Å². The molecular weight excluding hydrogens is 636 g/mol. The molecule has 0 spiro atoms. The van der Waals surface area contributed by atoms with E-state index in [9.17, 15) is 22.4 Å². The number of anilines is 1. The lowest BCUT2D eigenvalue weighted by Crippen LogP contribution is -2.53. The molecule has 4 aromatic carbocycles. The van der Waals surface area contributed by atoms with Crippen molar-refractivity contribution in [3.63, 3.8) is 0 Å². The Kier molecular flexibility index (Phi) is 11.6. The standard InChI is InChI=1S/C34H34Cl2FN3O4S/c1-3-19-38-34(42)32(20-25-9-5-4-6-10-25)39(22-26-11-7-8-12-31(26)37)33(41)23-40(27-15-18-29(35)30(36)21-27)45(43,44)28-16-13-24(2)14-17-28/h4-18,21,32H,3,19-20,22-23H2,1-2H3,(H,38,42)/t32-/m0/s1. The fourth-order valence-electron chi connectivity index (χ4n) is 4.74. The molecule has 1 N–H and O–H groups in total. The van der Waals surface area contributed by atoms with E-state index in [0.29, 0.717) is 13.0 Å². The summed E-state index contributed by atoms with van der Waals surface area (Å²) < 4.78 is 44.1. The van der Waals surface area contributed by atoms with Crippen molar-refractivity contribution in [1.82, 2.24) is 10.2 Å². The average molecular weight is 671 g/mol. The molecule has 0 aliphatic rings. The van der Waals surface area contributed by atoms with Crippen LogP contribution in [0.5, 0.6) is 0 Å². The van der Waals surface area contributed by atoms with E-state index in [1.807, 2.05) is 44.2 Å². The molecule has 1 atom stereocenters. The zero-order valence-corrected chi connectivity index (χ0v) is 27.2. The molecule has 0 aliphatic carbocycles. The van der Waals surface area contributed by atoms with Crippen LogP contribution in [0.15, 0.2) is 102 Å². The minimum atomic E-state index is -4.32. The molecule has 0 aliphatic heterocycles. The second-order valence-electron chi connectivity index (χ2n) is 10.5. The van der Waals surface area contributed by atoms with Crippen LogP contribution in [0.4, 0.5) is 10.1 Å². The van der Waals surface area contributed by atoms with Crippen molar-refractivity contribution < 1.29 is 22.4 Å². The molecule has 0 unspecified atom stereocenters. The summed E-state index contributed by atoms with van der Waals surface area (Å²) in [6.07, 6.45) is 0.777. The molecule has 7 nitrogen and oxygen atoms in total. The summed E-state index contributed by atoms with van der Waals surface area (Å²) in [6.45, 7) is 3.12. The Morgan fingerprint density at radius 1 is 0.889 bits per heavy atom. The second-order valence-corrected chi connectivity index (χ2v) is 13.2. The van der Waals surface area contributed by atoms with Gasteiger partial charge in [-0.1, -0.05) is 96.4 Å². The number of hydrogen-bond acceptors (Lipinski definition) is 4. The van der Waals surface area contributed by atoms with Gasteiger partial charge in [0.05, 0.1) is 20.6 Å². The number of nitrogens with one attached hydrogen (secondary N) is 1. The SMILES string of the molecule is CCCNC(=O)[C@H](Cc1ccccc1)N(Cc1ccccc1F)C(=O)CN(c1ccc(Cl)c(Cl)c1)S(=O)(=O)c1ccc(C)cc1. The van der Waals surface area contributed by atoms with E-state index < -0.39 is 40.2 Å². The van der Waals surface area contributed by atoms with Crippen LogP contribution in [-0.2, 0) is 32.6 Å². The lowest BCUT2D eigenvalue weighted by Gasteiger charge is -2.34. The minimum Gasteiger partial charge on any atom is -0.354 e. The van der Waals surface area contributed by atoms with Gasteiger partial charge in [0.15, 0.2) is 0 Å². The van der Waals surface area contributed by atoms with Crippen LogP contribution in [0, 0.1) is 12.7 Å². The fraction of sp³-hybridized carbons (Fsp3) is 0.235. The van der Waals surface area contributed by atoms with Crippen LogP contribution >= 0.6 is 23.2 Å². The fourth-order valence-corrected chi connectivity index (χ4v) is 6.43. The molecular formula is C34H34Cl2FN3O4S. The summed E-state index contributed by atoms with van der Waals surface area (Å²) >= 11 is 12.4. The van der Waals surface area contributed by atoms with Crippen LogP contribution in [0.25, 0.3) is 0 Å². The third-order valence-electron chi connectivity index (χ3n) is 7.20. The van der Waals surface area contributed by atoms with Crippen LogP contribution in [0.2, 0.25) is 10.0 Å². The van der Waals surface area contributed by atoms with E-state index in [-0.39, 0.29) is 39.2 Å². The molecule has 0 fully saturated rings. The number of carbonyl (C=O) groups is 2. The first-order valence-corrected chi connectivity index (χ1v) is 16.6. The maximum atomic E-state index is 15.0. The molecule has 0 aromatic heterocycles. The normalized spacial score (nSPS) is 11.9. The van der Waals surface area contributed by atoms with Gasteiger partial charge in [0.2, 0.25) is 11.8 Å². The first-order valence-electron chi connectivity index (χ1n) is 14.4. The molecule has 236 valence electrons. The van der Waals surface area contributed by atoms with Gasteiger partial charge in [0.25, 0.3) is 10.0 Å². The molecule has 0 saturated heterocycles. The molecule has 45 heavy (non-hydrogen) atoms. The highest BCUT2D eigenvalue weighted by Crippen LogP contribution is 2.31. The van der Waals surface area contributed by atoms with E-state index >= 15 is 0 Å². The van der Waals surface area contributed by atoms with E-state index in [1.54, 1.807) is 18.2 Å². The highest BCUT2D eigenvalue weighted by molar-refractivity contribution is 7.92. The number of carbonyl (C=O) groups excluding carboxylic acids is 2. The van der Waals surface area contributed by atoms with Gasteiger partial charge in [0, 0.05) is 25.1 Å². The van der Waals surface area contributed by atoms with Gasteiger partial charge in [0.1, 0.15) is 18.4 Å². The third-order valence-corrected chi connectivity index (χ3v) is 9.72. The lowest BCUT2D eigenvalue weighted by molar-refractivity contribution is -0.140. The van der Waals surface area contributed by atoms with Crippen molar-refractivity contribution in [2.45, 2.75) is 44.2 Å². The number of sulfonamides is 1. The monoisotopic (exact) mass is 669 g/mol. The zero-order chi connectivity index (χ0) is 32.6. The molecule has 0 radical (unpaired) electrons. The van der Waals surface area contributed by atoms with Crippen molar-refractivity contribution in [1.29, 1.82) is 0 Å². The number of rotatable bonds is 13. The van der Waals surface area contributed by atoms with Crippen molar-refractivity contribution in [3.8, 4) is 0 Å². The summed E-state index contributed by atoms with van der Waals surface area (Å²) in [7, 11) is -4.32. The topological polar surface area (TPSA) is 86.8 Å². The highest BCUT2D eigenvalue weighted by Gasteiger charge is 2.35.